The summed E-state index contributed by atoms with van der Waals surface area (Å²) in [6.45, 7) is 1.95. The van der Waals surface area contributed by atoms with E-state index in [4.69, 9.17) is 0 Å². The van der Waals surface area contributed by atoms with E-state index in [1.807, 2.05) is 19.1 Å². The normalized spacial score (nSPS) is 13.8. The highest BCUT2D eigenvalue weighted by molar-refractivity contribution is 7.13. The zero-order chi connectivity index (χ0) is 19.4. The minimum absolute atomic E-state index is 0.0794. The Kier molecular flexibility index (Phi) is 3.87. The molecule has 1 aliphatic rings. The van der Waals surface area contributed by atoms with Gasteiger partial charge in [-0.15, -0.1) is 0 Å². The average molecular weight is 395 g/mol. The number of aryl methyl sites for hydroxylation is 1. The third kappa shape index (κ3) is 2.43. The Hall–Kier alpha value is -2.93. The van der Waals surface area contributed by atoms with Crippen LogP contribution in [-0.2, 0) is 12.8 Å². The number of hydrogen-bond donors (Lipinski definition) is 2. The van der Waals surface area contributed by atoms with Gasteiger partial charge in [-0.3, -0.25) is 4.98 Å². The molecule has 28 heavy (non-hydrogen) atoms. The standard InChI is InChI=1S/C21H18FN3O2S/c1-11-5-4-8-23-18(11)19-14-9-16(15(22)10-17(14)28-24-19)25-20(26)12-6-2-3-7-13(12)21(25)27/h4-5,8-10,26-27H,2-3,6-7H2,1H3. The van der Waals surface area contributed by atoms with Gasteiger partial charge in [-0.25, -0.2) is 8.96 Å². The van der Waals surface area contributed by atoms with Gasteiger partial charge >= 0.3 is 0 Å². The van der Waals surface area contributed by atoms with Gasteiger partial charge in [-0.2, -0.15) is 4.37 Å². The van der Waals surface area contributed by atoms with Crippen molar-refractivity contribution in [1.29, 1.82) is 0 Å². The highest BCUT2D eigenvalue weighted by Crippen LogP contribution is 2.43. The van der Waals surface area contributed by atoms with Crippen LogP contribution in [0.1, 0.15) is 29.5 Å². The highest BCUT2D eigenvalue weighted by atomic mass is 32.1. The number of fused-ring (bicyclic) bond motifs is 2. The molecule has 0 atom stereocenters. The van der Waals surface area contributed by atoms with Crippen LogP contribution < -0.4 is 0 Å². The zero-order valence-electron chi connectivity index (χ0n) is 15.2. The topological polar surface area (TPSA) is 71.2 Å². The van der Waals surface area contributed by atoms with E-state index >= 15 is 0 Å². The van der Waals surface area contributed by atoms with Gasteiger partial charge in [0.25, 0.3) is 0 Å². The van der Waals surface area contributed by atoms with E-state index in [1.165, 1.54) is 22.2 Å². The van der Waals surface area contributed by atoms with E-state index in [-0.39, 0.29) is 17.4 Å². The first kappa shape index (κ1) is 17.2. The second-order valence-corrected chi connectivity index (χ2v) is 7.95. The lowest BCUT2D eigenvalue weighted by Crippen LogP contribution is -1.98. The maximum Gasteiger partial charge on any atom is 0.202 e. The molecule has 5 rings (SSSR count). The summed E-state index contributed by atoms with van der Waals surface area (Å²) in [5, 5.41) is 22.1. The van der Waals surface area contributed by atoms with Crippen LogP contribution in [0.15, 0.2) is 30.5 Å². The van der Waals surface area contributed by atoms with Gasteiger partial charge in [0, 0.05) is 22.7 Å². The first-order valence-electron chi connectivity index (χ1n) is 9.22. The number of aromatic hydroxyl groups is 2. The van der Waals surface area contributed by atoms with Gasteiger partial charge in [-0.1, -0.05) is 6.07 Å². The molecular weight excluding hydrogens is 377 g/mol. The van der Waals surface area contributed by atoms with Crippen molar-refractivity contribution in [3.05, 3.63) is 53.0 Å². The van der Waals surface area contributed by atoms with Gasteiger partial charge in [0.15, 0.2) is 0 Å². The first-order chi connectivity index (χ1) is 13.6. The highest BCUT2D eigenvalue weighted by Gasteiger charge is 2.27. The third-order valence-electron chi connectivity index (χ3n) is 5.45. The molecule has 0 saturated heterocycles. The fourth-order valence-corrected chi connectivity index (χ4v) is 4.81. The van der Waals surface area contributed by atoms with Crippen LogP contribution in [0.2, 0.25) is 0 Å². The summed E-state index contributed by atoms with van der Waals surface area (Å²) >= 11 is 1.21. The van der Waals surface area contributed by atoms with E-state index in [9.17, 15) is 14.6 Å². The Labute approximate surface area is 164 Å². The van der Waals surface area contributed by atoms with Crippen LogP contribution >= 0.6 is 11.5 Å². The van der Waals surface area contributed by atoms with Crippen molar-refractivity contribution < 1.29 is 14.6 Å². The van der Waals surface area contributed by atoms with E-state index in [0.717, 1.165) is 29.5 Å². The molecule has 4 aromatic rings. The molecule has 3 heterocycles. The van der Waals surface area contributed by atoms with Gasteiger partial charge in [0.1, 0.15) is 11.5 Å². The third-order valence-corrected chi connectivity index (χ3v) is 6.25. The number of nitrogens with zero attached hydrogens (tertiary/aromatic N) is 3. The lowest BCUT2D eigenvalue weighted by molar-refractivity contribution is 0.396. The average Bonchev–Trinajstić information content (AvgIpc) is 3.21. The maximum absolute atomic E-state index is 14.9. The van der Waals surface area contributed by atoms with Crippen molar-refractivity contribution in [3.8, 4) is 28.8 Å². The second kappa shape index (κ2) is 6.31. The summed E-state index contributed by atoms with van der Waals surface area (Å²) in [5.74, 6) is -0.674. The van der Waals surface area contributed by atoms with Crippen molar-refractivity contribution in [2.45, 2.75) is 32.6 Å². The largest absolute Gasteiger partial charge is 0.494 e. The molecule has 0 unspecified atom stereocenters. The molecule has 142 valence electrons. The van der Waals surface area contributed by atoms with Crippen molar-refractivity contribution in [3.63, 3.8) is 0 Å². The lowest BCUT2D eigenvalue weighted by atomic mass is 9.95. The Balaban J connectivity index is 1.76. The summed E-state index contributed by atoms with van der Waals surface area (Å²) in [5.41, 5.74) is 3.94. The zero-order valence-corrected chi connectivity index (χ0v) is 16.1. The molecule has 1 aromatic carbocycles. The van der Waals surface area contributed by atoms with Crippen LogP contribution in [0.25, 0.3) is 27.2 Å². The predicted octanol–water partition coefficient (Wildman–Crippen LogP) is 4.89. The maximum atomic E-state index is 14.9. The van der Waals surface area contributed by atoms with Crippen LogP contribution in [-0.4, -0.2) is 24.1 Å². The van der Waals surface area contributed by atoms with Crippen molar-refractivity contribution >= 4 is 21.6 Å². The second-order valence-electron chi connectivity index (χ2n) is 7.15. The van der Waals surface area contributed by atoms with Gasteiger partial charge in [0.05, 0.1) is 16.1 Å². The van der Waals surface area contributed by atoms with E-state index in [2.05, 4.69) is 9.36 Å². The van der Waals surface area contributed by atoms with Crippen LogP contribution in [0.3, 0.4) is 0 Å². The van der Waals surface area contributed by atoms with Crippen molar-refractivity contribution in [1.82, 2.24) is 13.9 Å². The summed E-state index contributed by atoms with van der Waals surface area (Å²) < 4.78 is 21.3. The molecule has 1 aliphatic carbocycles. The molecule has 3 aromatic heterocycles. The molecule has 0 saturated carbocycles. The van der Waals surface area contributed by atoms with Crippen molar-refractivity contribution in [2.24, 2.45) is 0 Å². The van der Waals surface area contributed by atoms with Crippen LogP contribution in [0.4, 0.5) is 4.39 Å². The van der Waals surface area contributed by atoms with Crippen LogP contribution in [0.5, 0.6) is 11.8 Å². The molecule has 5 nitrogen and oxygen atoms in total. The minimum atomic E-state index is -0.515. The number of rotatable bonds is 2. The summed E-state index contributed by atoms with van der Waals surface area (Å²) in [4.78, 5) is 4.43. The molecule has 0 radical (unpaired) electrons. The smallest absolute Gasteiger partial charge is 0.202 e. The molecular formula is C21H18FN3O2S. The summed E-state index contributed by atoms with van der Waals surface area (Å²) in [6.07, 6.45) is 4.97. The SMILES string of the molecule is Cc1cccnc1-c1nsc2cc(F)c(-n3c(O)c4c(c3O)CCCC4)cc12. The number of hydrogen-bond acceptors (Lipinski definition) is 5. The van der Waals surface area contributed by atoms with E-state index in [1.54, 1.807) is 12.3 Å². The molecule has 0 bridgehead atoms. The number of aromatic nitrogens is 3. The monoisotopic (exact) mass is 395 g/mol. The number of pyridine rings is 1. The van der Waals surface area contributed by atoms with Gasteiger partial charge in [0.2, 0.25) is 11.8 Å². The molecule has 0 amide bonds. The molecule has 7 heteroatoms. The fraction of sp³-hybridized carbons (Fsp3) is 0.238. The van der Waals surface area contributed by atoms with Crippen molar-refractivity contribution in [2.75, 3.05) is 0 Å². The lowest BCUT2D eigenvalue weighted by Gasteiger charge is -2.10. The molecule has 2 N–H and O–H groups in total. The fourth-order valence-electron chi connectivity index (χ4n) is 4.02. The van der Waals surface area contributed by atoms with Gasteiger partial charge < -0.3 is 10.2 Å². The number of benzene rings is 1. The minimum Gasteiger partial charge on any atom is -0.494 e. The van der Waals surface area contributed by atoms with Gasteiger partial charge in [-0.05, 0) is 67.9 Å². The van der Waals surface area contributed by atoms with E-state index < -0.39 is 5.82 Å². The number of halogens is 1. The van der Waals surface area contributed by atoms with Crippen LogP contribution in [0, 0.1) is 12.7 Å². The van der Waals surface area contributed by atoms with E-state index in [0.29, 0.717) is 34.4 Å². The molecule has 0 aliphatic heterocycles. The Bertz CT molecular complexity index is 1200. The first-order valence-corrected chi connectivity index (χ1v) is 9.99. The Morgan fingerprint density at radius 2 is 1.79 bits per heavy atom. The summed E-state index contributed by atoms with van der Waals surface area (Å²) in [6, 6.07) is 6.86. The molecule has 0 spiro atoms. The molecule has 0 fully saturated rings. The Morgan fingerprint density at radius 1 is 1.07 bits per heavy atom. The predicted molar refractivity (Wildman–Crippen MR) is 107 cm³/mol. The Morgan fingerprint density at radius 3 is 2.46 bits per heavy atom. The summed E-state index contributed by atoms with van der Waals surface area (Å²) in [7, 11) is 0. The quantitative estimate of drug-likeness (QED) is 0.507.